The Morgan fingerprint density at radius 2 is 1.74 bits per heavy atom. The van der Waals surface area contributed by atoms with Crippen molar-refractivity contribution in [1.29, 1.82) is 0 Å². The van der Waals surface area contributed by atoms with Gasteiger partial charge >= 0.3 is 0 Å². The summed E-state index contributed by atoms with van der Waals surface area (Å²) in [6.07, 6.45) is 0. The van der Waals surface area contributed by atoms with Crippen molar-refractivity contribution in [1.82, 2.24) is 19.8 Å². The fraction of sp³-hybridized carbons (Fsp3) is 0.684. The largest absolute Gasteiger partial charge is 0.365 e. The minimum atomic E-state index is -0.180. The Balaban J connectivity index is 1.94. The van der Waals surface area contributed by atoms with Gasteiger partial charge in [-0.2, -0.15) is 4.98 Å². The molecule has 8 nitrogen and oxygen atoms in total. The van der Waals surface area contributed by atoms with E-state index in [1.54, 1.807) is 6.92 Å². The third-order valence-electron chi connectivity index (χ3n) is 4.91. The van der Waals surface area contributed by atoms with E-state index in [9.17, 15) is 9.59 Å². The molecule has 0 spiro atoms. The first kappa shape index (κ1) is 19.4. The Bertz CT molecular complexity index is 747. The van der Waals surface area contributed by atoms with Crippen LogP contribution < -0.4 is 10.2 Å². The molecule has 8 heteroatoms. The first-order valence-electron chi connectivity index (χ1n) is 9.57. The maximum Gasteiger partial charge on any atom is 0.273 e. The van der Waals surface area contributed by atoms with Gasteiger partial charge in [-0.05, 0) is 34.6 Å². The molecule has 0 atom stereocenters. The van der Waals surface area contributed by atoms with Crippen LogP contribution in [0.25, 0.3) is 0 Å². The summed E-state index contributed by atoms with van der Waals surface area (Å²) >= 11 is 0. The third kappa shape index (κ3) is 3.99. The second-order valence-corrected chi connectivity index (χ2v) is 8.59. The van der Waals surface area contributed by atoms with Crippen LogP contribution >= 0.6 is 0 Å². The number of amides is 2. The zero-order chi connectivity index (χ0) is 19.9. The fourth-order valence-corrected chi connectivity index (χ4v) is 3.42. The molecule has 27 heavy (non-hydrogen) atoms. The van der Waals surface area contributed by atoms with Crippen LogP contribution in [-0.2, 0) is 11.3 Å². The van der Waals surface area contributed by atoms with Crippen molar-refractivity contribution in [2.75, 3.05) is 36.4 Å². The molecule has 0 unspecified atom stereocenters. The quantitative estimate of drug-likeness (QED) is 0.868. The van der Waals surface area contributed by atoms with E-state index in [4.69, 9.17) is 4.98 Å². The van der Waals surface area contributed by atoms with Crippen molar-refractivity contribution in [2.45, 2.75) is 59.7 Å². The Morgan fingerprint density at radius 1 is 1.11 bits per heavy atom. The fourth-order valence-electron chi connectivity index (χ4n) is 3.42. The van der Waals surface area contributed by atoms with E-state index in [0.717, 1.165) is 11.4 Å². The summed E-state index contributed by atoms with van der Waals surface area (Å²) in [7, 11) is 0. The number of rotatable bonds is 3. The first-order valence-corrected chi connectivity index (χ1v) is 9.57. The number of anilines is 2. The van der Waals surface area contributed by atoms with E-state index in [2.05, 4.69) is 36.0 Å². The lowest BCUT2D eigenvalue weighted by atomic mass is 10.1. The minimum absolute atomic E-state index is 0.0389. The Morgan fingerprint density at radius 3 is 2.26 bits per heavy atom. The highest BCUT2D eigenvalue weighted by Crippen LogP contribution is 2.31. The van der Waals surface area contributed by atoms with Crippen LogP contribution in [0.4, 0.5) is 11.8 Å². The van der Waals surface area contributed by atoms with Gasteiger partial charge in [0.25, 0.3) is 5.91 Å². The molecule has 148 valence electrons. The highest BCUT2D eigenvalue weighted by Gasteiger charge is 2.35. The van der Waals surface area contributed by atoms with Crippen molar-refractivity contribution < 1.29 is 9.59 Å². The molecule has 1 saturated heterocycles. The molecular weight excluding hydrogens is 344 g/mol. The summed E-state index contributed by atoms with van der Waals surface area (Å²) in [5.74, 6) is 1.33. The molecule has 1 aromatic heterocycles. The van der Waals surface area contributed by atoms with Gasteiger partial charge in [-0.1, -0.05) is 0 Å². The maximum atomic E-state index is 12.9. The van der Waals surface area contributed by atoms with Crippen LogP contribution in [0.5, 0.6) is 0 Å². The van der Waals surface area contributed by atoms with Crippen LogP contribution in [0.2, 0.25) is 0 Å². The molecular formula is C19H30N6O2. The Kier molecular flexibility index (Phi) is 5.01. The van der Waals surface area contributed by atoms with Gasteiger partial charge in [-0.25, -0.2) is 4.98 Å². The molecule has 0 radical (unpaired) electrons. The molecule has 1 aromatic rings. The predicted octanol–water partition coefficient (Wildman–Crippen LogP) is 1.72. The average Bonchev–Trinajstić information content (AvgIpc) is 2.91. The van der Waals surface area contributed by atoms with Crippen molar-refractivity contribution in [3.63, 3.8) is 0 Å². The lowest BCUT2D eigenvalue weighted by molar-refractivity contribution is -0.129. The van der Waals surface area contributed by atoms with Gasteiger partial charge in [0.05, 0.1) is 6.54 Å². The van der Waals surface area contributed by atoms with E-state index >= 15 is 0 Å². The van der Waals surface area contributed by atoms with Gasteiger partial charge in [0.2, 0.25) is 11.9 Å². The molecule has 0 aliphatic carbocycles. The lowest BCUT2D eigenvalue weighted by Gasteiger charge is -2.34. The monoisotopic (exact) mass is 374 g/mol. The molecule has 1 N–H and O–H groups in total. The molecule has 3 heterocycles. The Labute approximate surface area is 160 Å². The highest BCUT2D eigenvalue weighted by molar-refractivity contribution is 5.98. The number of nitrogens with one attached hydrogen (secondary N) is 1. The predicted molar refractivity (Wildman–Crippen MR) is 105 cm³/mol. The number of carbonyl (C=O) groups excluding carboxylic acids is 2. The summed E-state index contributed by atoms with van der Waals surface area (Å²) < 4.78 is 0. The zero-order valence-corrected chi connectivity index (χ0v) is 17.2. The van der Waals surface area contributed by atoms with Gasteiger partial charge in [0.15, 0.2) is 0 Å². The molecule has 2 aliphatic heterocycles. The molecule has 0 aromatic carbocycles. The number of fused-ring (bicyclic) bond motifs is 1. The van der Waals surface area contributed by atoms with E-state index in [1.165, 1.54) is 0 Å². The van der Waals surface area contributed by atoms with E-state index in [1.807, 2.05) is 23.6 Å². The molecule has 3 rings (SSSR count). The molecule has 0 bridgehead atoms. The molecule has 2 aliphatic rings. The van der Waals surface area contributed by atoms with E-state index in [-0.39, 0.29) is 23.4 Å². The van der Waals surface area contributed by atoms with Gasteiger partial charge in [-0.15, -0.1) is 0 Å². The van der Waals surface area contributed by atoms with Crippen LogP contribution in [0.15, 0.2) is 0 Å². The molecule has 1 fully saturated rings. The summed E-state index contributed by atoms with van der Waals surface area (Å²) in [6, 6.07) is 0.108. The minimum Gasteiger partial charge on any atom is -0.365 e. The molecule has 2 amide bonds. The van der Waals surface area contributed by atoms with Crippen molar-refractivity contribution >= 4 is 23.6 Å². The van der Waals surface area contributed by atoms with Crippen LogP contribution in [0, 0.1) is 0 Å². The third-order valence-corrected chi connectivity index (χ3v) is 4.91. The van der Waals surface area contributed by atoms with Gasteiger partial charge in [0, 0.05) is 50.2 Å². The van der Waals surface area contributed by atoms with Crippen molar-refractivity contribution in [3.05, 3.63) is 11.3 Å². The van der Waals surface area contributed by atoms with Crippen molar-refractivity contribution in [2.24, 2.45) is 0 Å². The maximum absolute atomic E-state index is 12.9. The first-order chi connectivity index (χ1) is 12.6. The number of carbonyl (C=O) groups is 2. The van der Waals surface area contributed by atoms with Gasteiger partial charge < -0.3 is 20.0 Å². The van der Waals surface area contributed by atoms with Crippen LogP contribution in [-0.4, -0.2) is 69.3 Å². The second kappa shape index (κ2) is 6.98. The summed E-state index contributed by atoms with van der Waals surface area (Å²) in [6.45, 7) is 15.0. The normalized spacial score (nSPS) is 17.6. The van der Waals surface area contributed by atoms with Gasteiger partial charge in [-0.3, -0.25) is 9.59 Å². The van der Waals surface area contributed by atoms with E-state index in [0.29, 0.717) is 44.4 Å². The zero-order valence-electron chi connectivity index (χ0n) is 17.2. The number of hydrogen-bond acceptors (Lipinski definition) is 6. The number of hydrogen-bond donors (Lipinski definition) is 1. The van der Waals surface area contributed by atoms with Crippen LogP contribution in [0.3, 0.4) is 0 Å². The topological polar surface area (TPSA) is 81.7 Å². The SMILES string of the molecule is CC(=O)N1CCN(c2nc(NC(C)(C)C)c3c(n2)C(=O)N(C(C)C)C3)CC1. The standard InChI is InChI=1S/C19H30N6O2/c1-12(2)25-11-14-15(17(25)27)20-18(21-16(14)22-19(4,5)6)24-9-7-23(8-10-24)13(3)26/h12H,7-11H2,1-6H3,(H,20,21,22). The summed E-state index contributed by atoms with van der Waals surface area (Å²) in [4.78, 5) is 39.5. The van der Waals surface area contributed by atoms with Crippen molar-refractivity contribution in [3.8, 4) is 0 Å². The van der Waals surface area contributed by atoms with Crippen LogP contribution in [0.1, 0.15) is 57.6 Å². The molecule has 0 saturated carbocycles. The number of piperazine rings is 1. The number of aromatic nitrogens is 2. The second-order valence-electron chi connectivity index (χ2n) is 8.59. The average molecular weight is 374 g/mol. The van der Waals surface area contributed by atoms with Gasteiger partial charge in [0.1, 0.15) is 11.5 Å². The van der Waals surface area contributed by atoms with E-state index < -0.39 is 0 Å². The number of nitrogens with zero attached hydrogens (tertiary/aromatic N) is 5. The lowest BCUT2D eigenvalue weighted by Crippen LogP contribution is -2.48. The smallest absolute Gasteiger partial charge is 0.273 e. The highest BCUT2D eigenvalue weighted by atomic mass is 16.2. The Hall–Kier alpha value is -2.38. The summed E-state index contributed by atoms with van der Waals surface area (Å²) in [5.41, 5.74) is 1.19. The summed E-state index contributed by atoms with van der Waals surface area (Å²) in [5, 5.41) is 3.45.